The topological polar surface area (TPSA) is 162 Å². The standard InChI is InChI=1S/C34H34N6O8/c1-4-43-32-35-25-11-7-10-24(31(41)47-34(2,3)48-33(42)46-27-19-45-26-16-17-44-29(26)27)28(25)40(32)18-20-12-14-21(15-13-20)22-8-5-6-9-23(22)30-36-38-39-37-30/h5-15,26-27,29H,4,16-19H2,1-3H3,(H,36,37,38,39)/t26-,27+,29+/m1/s1. The summed E-state index contributed by atoms with van der Waals surface area (Å²) in [5.74, 6) is -1.85. The molecule has 0 bridgehead atoms. The molecule has 48 heavy (non-hydrogen) atoms. The van der Waals surface area contributed by atoms with E-state index in [1.165, 1.54) is 13.8 Å². The monoisotopic (exact) mass is 654 g/mol. The van der Waals surface area contributed by atoms with Gasteiger partial charge in [0.25, 0.3) is 11.8 Å². The number of esters is 1. The lowest BCUT2D eigenvalue weighted by molar-refractivity contribution is -0.162. The number of H-pyrrole nitrogens is 1. The van der Waals surface area contributed by atoms with E-state index in [4.69, 9.17) is 28.4 Å². The number of para-hydroxylation sites is 1. The molecule has 0 amide bonds. The first-order valence-electron chi connectivity index (χ1n) is 15.7. The minimum absolute atomic E-state index is 0.0991. The molecule has 3 aromatic carbocycles. The molecule has 14 nitrogen and oxygen atoms in total. The van der Waals surface area contributed by atoms with Crippen molar-refractivity contribution in [2.24, 2.45) is 0 Å². The molecule has 14 heteroatoms. The van der Waals surface area contributed by atoms with Crippen molar-refractivity contribution in [1.82, 2.24) is 30.2 Å². The van der Waals surface area contributed by atoms with Gasteiger partial charge < -0.3 is 28.4 Å². The Labute approximate surface area is 275 Å². The van der Waals surface area contributed by atoms with Crippen molar-refractivity contribution >= 4 is 23.2 Å². The summed E-state index contributed by atoms with van der Waals surface area (Å²) in [6, 6.07) is 21.4. The second-order valence-corrected chi connectivity index (χ2v) is 11.9. The number of rotatable bonds is 10. The smallest absolute Gasteiger partial charge is 0.465 e. The van der Waals surface area contributed by atoms with Crippen LogP contribution >= 0.6 is 0 Å². The van der Waals surface area contributed by atoms with Crippen molar-refractivity contribution in [2.75, 3.05) is 19.8 Å². The van der Waals surface area contributed by atoms with E-state index in [1.807, 2.05) is 60.0 Å². The Morgan fingerprint density at radius 2 is 1.81 bits per heavy atom. The summed E-state index contributed by atoms with van der Waals surface area (Å²) in [5.41, 5.74) is 5.02. The van der Waals surface area contributed by atoms with E-state index in [9.17, 15) is 9.59 Å². The number of carbonyl (C=O) groups excluding carboxylic acids is 2. The number of aromatic amines is 1. The highest BCUT2D eigenvalue weighted by Gasteiger charge is 2.45. The first-order chi connectivity index (χ1) is 23.3. The number of hydrogen-bond donors (Lipinski definition) is 1. The number of nitrogens with one attached hydrogen (secondary N) is 1. The van der Waals surface area contributed by atoms with Gasteiger partial charge in [0.15, 0.2) is 6.10 Å². The molecular weight excluding hydrogens is 620 g/mol. The van der Waals surface area contributed by atoms with E-state index in [0.717, 1.165) is 28.7 Å². The minimum atomic E-state index is -1.65. The zero-order chi connectivity index (χ0) is 33.3. The van der Waals surface area contributed by atoms with Crippen LogP contribution in [0.3, 0.4) is 0 Å². The van der Waals surface area contributed by atoms with Gasteiger partial charge in [-0.1, -0.05) is 54.6 Å². The number of carbonyl (C=O) groups is 2. The van der Waals surface area contributed by atoms with Crippen LogP contribution in [0.1, 0.15) is 43.1 Å². The first-order valence-corrected chi connectivity index (χ1v) is 15.7. The quantitative estimate of drug-likeness (QED) is 0.160. The first kappa shape index (κ1) is 31.3. The van der Waals surface area contributed by atoms with Gasteiger partial charge in [0.1, 0.15) is 6.10 Å². The van der Waals surface area contributed by atoms with Gasteiger partial charge in [-0.3, -0.25) is 4.57 Å². The maximum Gasteiger partial charge on any atom is 0.512 e. The van der Waals surface area contributed by atoms with Crippen molar-refractivity contribution in [3.05, 3.63) is 77.9 Å². The molecule has 0 aliphatic carbocycles. The third kappa shape index (κ3) is 6.31. The molecule has 1 N–H and O–H groups in total. The normalized spacial score (nSPS) is 18.9. The summed E-state index contributed by atoms with van der Waals surface area (Å²) >= 11 is 0. The second kappa shape index (κ2) is 13.0. The molecule has 248 valence electrons. The van der Waals surface area contributed by atoms with E-state index in [-0.39, 0.29) is 24.4 Å². The molecule has 5 aromatic rings. The third-order valence-corrected chi connectivity index (χ3v) is 8.18. The molecule has 0 spiro atoms. The van der Waals surface area contributed by atoms with Gasteiger partial charge in [-0.25, -0.2) is 9.59 Å². The molecule has 0 radical (unpaired) electrons. The zero-order valence-corrected chi connectivity index (χ0v) is 26.6. The van der Waals surface area contributed by atoms with Gasteiger partial charge in [0.2, 0.25) is 5.82 Å². The Morgan fingerprint density at radius 1 is 1.00 bits per heavy atom. The number of fused-ring (bicyclic) bond motifs is 2. The molecule has 4 heterocycles. The predicted molar refractivity (Wildman–Crippen MR) is 170 cm³/mol. The molecule has 2 aromatic heterocycles. The zero-order valence-electron chi connectivity index (χ0n) is 26.6. The van der Waals surface area contributed by atoms with Gasteiger partial charge in [-0.05, 0) is 47.4 Å². The number of benzene rings is 3. The van der Waals surface area contributed by atoms with E-state index in [2.05, 4.69) is 25.6 Å². The molecule has 2 aliphatic rings. The van der Waals surface area contributed by atoms with Crippen molar-refractivity contribution in [3.63, 3.8) is 0 Å². The van der Waals surface area contributed by atoms with E-state index in [1.54, 1.807) is 18.2 Å². The van der Waals surface area contributed by atoms with Crippen LogP contribution in [0.4, 0.5) is 4.79 Å². The van der Waals surface area contributed by atoms with Gasteiger partial charge >= 0.3 is 12.1 Å². The molecule has 7 rings (SSSR count). The SMILES string of the molecule is CCOc1nc2cccc(C(=O)OC(C)(C)OC(=O)O[C@H]3CO[C@@H]4CCO[C@H]34)c2n1Cc1ccc(-c2ccccc2-c2nn[nH]n2)cc1. The third-order valence-electron chi connectivity index (χ3n) is 8.18. The number of tetrazole rings is 1. The Kier molecular flexibility index (Phi) is 8.50. The predicted octanol–water partition coefficient (Wildman–Crippen LogP) is 4.93. The van der Waals surface area contributed by atoms with Crippen LogP contribution in [0.25, 0.3) is 33.5 Å². The molecule has 2 saturated heterocycles. The molecule has 2 aliphatic heterocycles. The number of imidazole rings is 1. The Bertz CT molecular complexity index is 1920. The molecule has 0 unspecified atom stereocenters. The van der Waals surface area contributed by atoms with Crippen LogP contribution in [0, 0.1) is 0 Å². The number of ether oxygens (including phenoxy) is 6. The van der Waals surface area contributed by atoms with Gasteiger partial charge in [-0.15, -0.1) is 10.2 Å². The van der Waals surface area contributed by atoms with Crippen molar-refractivity contribution in [2.45, 2.75) is 57.8 Å². The second-order valence-electron chi connectivity index (χ2n) is 11.9. The minimum Gasteiger partial charge on any atom is -0.465 e. The van der Waals surface area contributed by atoms with Crippen molar-refractivity contribution in [1.29, 1.82) is 0 Å². The summed E-state index contributed by atoms with van der Waals surface area (Å²) in [6.07, 6.45) is -1.26. The maximum atomic E-state index is 13.7. The lowest BCUT2D eigenvalue weighted by Gasteiger charge is -2.26. The fourth-order valence-corrected chi connectivity index (χ4v) is 6.07. The lowest BCUT2D eigenvalue weighted by atomic mass is 9.98. The number of hydrogen-bond acceptors (Lipinski definition) is 12. The van der Waals surface area contributed by atoms with Crippen LogP contribution in [-0.2, 0) is 30.2 Å². The summed E-state index contributed by atoms with van der Waals surface area (Å²) in [6.45, 7) is 6.28. The van der Waals surface area contributed by atoms with E-state index in [0.29, 0.717) is 42.6 Å². The highest BCUT2D eigenvalue weighted by molar-refractivity contribution is 6.02. The average molecular weight is 655 g/mol. The van der Waals surface area contributed by atoms with E-state index >= 15 is 0 Å². The number of nitrogens with zero attached hydrogens (tertiary/aromatic N) is 5. The van der Waals surface area contributed by atoms with Gasteiger partial charge in [0, 0.05) is 26.0 Å². The summed E-state index contributed by atoms with van der Waals surface area (Å²) in [7, 11) is 0. The van der Waals surface area contributed by atoms with Crippen LogP contribution in [0.5, 0.6) is 6.01 Å². The summed E-state index contributed by atoms with van der Waals surface area (Å²) in [4.78, 5) is 31.0. The van der Waals surface area contributed by atoms with Crippen LogP contribution in [0.15, 0.2) is 66.7 Å². The fraction of sp³-hybridized carbons (Fsp3) is 0.353. The molecule has 0 saturated carbocycles. The van der Waals surface area contributed by atoms with Crippen LogP contribution in [0.2, 0.25) is 0 Å². The van der Waals surface area contributed by atoms with Gasteiger partial charge in [-0.2, -0.15) is 10.2 Å². The highest BCUT2D eigenvalue weighted by atomic mass is 16.8. The molecule has 3 atom stereocenters. The van der Waals surface area contributed by atoms with E-state index < -0.39 is 24.0 Å². The Morgan fingerprint density at radius 3 is 2.58 bits per heavy atom. The van der Waals surface area contributed by atoms with Crippen molar-refractivity contribution < 1.29 is 38.0 Å². The Hall–Kier alpha value is -5.34. The fourth-order valence-electron chi connectivity index (χ4n) is 6.07. The van der Waals surface area contributed by atoms with Gasteiger partial charge in [0.05, 0.1) is 42.5 Å². The number of aromatic nitrogens is 6. The lowest BCUT2D eigenvalue weighted by Crippen LogP contribution is -2.38. The van der Waals surface area contributed by atoms with Crippen molar-refractivity contribution in [3.8, 4) is 28.5 Å². The molecular formula is C34H34N6O8. The van der Waals surface area contributed by atoms with Crippen LogP contribution < -0.4 is 4.74 Å². The Balaban J connectivity index is 1.11. The highest BCUT2D eigenvalue weighted by Crippen LogP contribution is 2.32. The summed E-state index contributed by atoms with van der Waals surface area (Å²) in [5, 5.41) is 14.5. The average Bonchev–Trinajstić information content (AvgIpc) is 3.88. The molecule has 2 fully saturated rings. The maximum absolute atomic E-state index is 13.7. The largest absolute Gasteiger partial charge is 0.512 e. The van der Waals surface area contributed by atoms with Crippen LogP contribution in [-0.4, -0.2) is 86.2 Å². The summed E-state index contributed by atoms with van der Waals surface area (Å²) < 4.78 is 35.6.